The number of halogens is 1. The van der Waals surface area contributed by atoms with Crippen LogP contribution in [0.1, 0.15) is 10.4 Å². The first-order valence-corrected chi connectivity index (χ1v) is 10.1. The molecule has 0 amide bonds. The van der Waals surface area contributed by atoms with Gasteiger partial charge in [-0.3, -0.25) is 9.52 Å². The SMILES string of the molecule is COC(=O)c1cc(S(=O)(=O)Nc2cccc(-c3ccc(=O)[nH]n3)c2)ccc1Br. The molecule has 1 heterocycles. The predicted octanol–water partition coefficient (Wildman–Crippen LogP) is 2.79. The van der Waals surface area contributed by atoms with Gasteiger partial charge in [-0.05, 0) is 52.3 Å². The van der Waals surface area contributed by atoms with Crippen molar-refractivity contribution in [1.82, 2.24) is 10.2 Å². The smallest absolute Gasteiger partial charge is 0.339 e. The molecule has 2 N–H and O–H groups in total. The van der Waals surface area contributed by atoms with E-state index in [2.05, 4.69) is 35.6 Å². The van der Waals surface area contributed by atoms with E-state index in [9.17, 15) is 18.0 Å². The van der Waals surface area contributed by atoms with Gasteiger partial charge in [0, 0.05) is 21.8 Å². The molecule has 0 aliphatic rings. The monoisotopic (exact) mass is 463 g/mol. The highest BCUT2D eigenvalue weighted by atomic mass is 79.9. The molecule has 0 radical (unpaired) electrons. The van der Waals surface area contributed by atoms with Crippen molar-refractivity contribution in [2.45, 2.75) is 4.90 Å². The van der Waals surface area contributed by atoms with Gasteiger partial charge in [0.15, 0.2) is 0 Å². The van der Waals surface area contributed by atoms with Gasteiger partial charge in [-0.25, -0.2) is 18.3 Å². The molecule has 3 rings (SSSR count). The van der Waals surface area contributed by atoms with Crippen LogP contribution in [0.4, 0.5) is 5.69 Å². The van der Waals surface area contributed by atoms with Crippen LogP contribution in [0.15, 0.2) is 68.8 Å². The normalized spacial score (nSPS) is 11.1. The zero-order valence-electron chi connectivity index (χ0n) is 14.5. The minimum Gasteiger partial charge on any atom is -0.465 e. The number of carbonyl (C=O) groups excluding carboxylic acids is 1. The second-order valence-electron chi connectivity index (χ2n) is 5.63. The van der Waals surface area contributed by atoms with Crippen LogP contribution in [-0.4, -0.2) is 31.7 Å². The van der Waals surface area contributed by atoms with E-state index in [-0.39, 0.29) is 16.0 Å². The molecule has 0 saturated carbocycles. The maximum atomic E-state index is 12.7. The summed E-state index contributed by atoms with van der Waals surface area (Å²) >= 11 is 3.20. The lowest BCUT2D eigenvalue weighted by Crippen LogP contribution is -2.14. The predicted molar refractivity (Wildman–Crippen MR) is 107 cm³/mol. The maximum Gasteiger partial charge on any atom is 0.339 e. The summed E-state index contributed by atoms with van der Waals surface area (Å²) in [5.74, 6) is -0.657. The summed E-state index contributed by atoms with van der Waals surface area (Å²) in [6.45, 7) is 0. The Kier molecular flexibility index (Phi) is 5.61. The molecule has 1 aromatic heterocycles. The number of rotatable bonds is 5. The molecule has 0 aliphatic heterocycles. The molecule has 0 fully saturated rings. The average molecular weight is 464 g/mol. The molecule has 3 aromatic rings. The first-order chi connectivity index (χ1) is 13.3. The van der Waals surface area contributed by atoms with Crippen molar-refractivity contribution in [1.29, 1.82) is 0 Å². The molecule has 0 spiro atoms. The maximum absolute atomic E-state index is 12.7. The number of nitrogens with one attached hydrogen (secondary N) is 2. The van der Waals surface area contributed by atoms with Crippen LogP contribution in [0.2, 0.25) is 0 Å². The molecule has 2 aromatic carbocycles. The van der Waals surface area contributed by atoms with Crippen LogP contribution in [0.5, 0.6) is 0 Å². The lowest BCUT2D eigenvalue weighted by Gasteiger charge is -2.11. The molecule has 0 bridgehead atoms. The van der Waals surface area contributed by atoms with Gasteiger partial charge in [-0.1, -0.05) is 12.1 Å². The summed E-state index contributed by atoms with van der Waals surface area (Å²) in [7, 11) is -2.74. The average Bonchev–Trinajstić information content (AvgIpc) is 2.68. The highest BCUT2D eigenvalue weighted by Crippen LogP contribution is 2.25. The molecule has 144 valence electrons. The van der Waals surface area contributed by atoms with E-state index in [0.717, 1.165) is 0 Å². The summed E-state index contributed by atoms with van der Waals surface area (Å²) in [5, 5.41) is 6.25. The summed E-state index contributed by atoms with van der Waals surface area (Å²) in [6.07, 6.45) is 0. The highest BCUT2D eigenvalue weighted by molar-refractivity contribution is 9.10. The van der Waals surface area contributed by atoms with Gasteiger partial charge < -0.3 is 4.74 Å². The van der Waals surface area contributed by atoms with Gasteiger partial charge in [-0.15, -0.1) is 0 Å². The van der Waals surface area contributed by atoms with Crippen LogP contribution in [0, 0.1) is 0 Å². The van der Waals surface area contributed by atoms with Gasteiger partial charge in [-0.2, -0.15) is 5.10 Å². The molecule has 0 unspecified atom stereocenters. The molecular formula is C18H14BrN3O5S. The number of hydrogen-bond acceptors (Lipinski definition) is 6. The summed E-state index contributed by atoms with van der Waals surface area (Å²) in [6, 6.07) is 13.5. The Morgan fingerprint density at radius 1 is 1.14 bits per heavy atom. The van der Waals surface area contributed by atoms with Crippen molar-refractivity contribution in [2.24, 2.45) is 0 Å². The van der Waals surface area contributed by atoms with Crippen molar-refractivity contribution in [3.05, 3.63) is 75.0 Å². The lowest BCUT2D eigenvalue weighted by molar-refractivity contribution is 0.0599. The summed E-state index contributed by atoms with van der Waals surface area (Å²) < 4.78 is 33.0. The van der Waals surface area contributed by atoms with Crippen molar-refractivity contribution >= 4 is 37.6 Å². The number of ether oxygens (including phenoxy) is 1. The summed E-state index contributed by atoms with van der Waals surface area (Å²) in [5.41, 5.74) is 1.15. The first kappa shape index (κ1) is 19.8. The Bertz CT molecular complexity index is 1190. The molecule has 0 atom stereocenters. The fourth-order valence-corrected chi connectivity index (χ4v) is 3.88. The van der Waals surface area contributed by atoms with E-state index in [1.165, 1.54) is 37.4 Å². The van der Waals surface area contributed by atoms with Crippen molar-refractivity contribution in [3.8, 4) is 11.3 Å². The van der Waals surface area contributed by atoms with Crippen molar-refractivity contribution in [3.63, 3.8) is 0 Å². The minimum atomic E-state index is -3.96. The van der Waals surface area contributed by atoms with Crippen LogP contribution in [-0.2, 0) is 14.8 Å². The number of anilines is 1. The number of carbonyl (C=O) groups is 1. The van der Waals surface area contributed by atoms with Gasteiger partial charge in [0.2, 0.25) is 0 Å². The molecule has 0 aliphatic carbocycles. The Balaban J connectivity index is 1.93. The molecule has 8 nitrogen and oxygen atoms in total. The quantitative estimate of drug-likeness (QED) is 0.561. The number of nitrogens with zero attached hydrogens (tertiary/aromatic N) is 1. The lowest BCUT2D eigenvalue weighted by atomic mass is 10.1. The third-order valence-corrected chi connectivity index (χ3v) is 5.81. The molecule has 28 heavy (non-hydrogen) atoms. The number of methoxy groups -OCH3 is 1. The second kappa shape index (κ2) is 7.95. The number of hydrogen-bond donors (Lipinski definition) is 2. The fraction of sp³-hybridized carbons (Fsp3) is 0.0556. The van der Waals surface area contributed by atoms with E-state index in [1.807, 2.05) is 0 Å². The Hall–Kier alpha value is -2.98. The zero-order valence-corrected chi connectivity index (χ0v) is 16.9. The van der Waals surface area contributed by atoms with Crippen LogP contribution in [0.25, 0.3) is 11.3 Å². The number of benzene rings is 2. The van der Waals surface area contributed by atoms with Crippen LogP contribution >= 0.6 is 15.9 Å². The molecule has 10 heteroatoms. The fourth-order valence-electron chi connectivity index (χ4n) is 2.40. The number of aromatic amines is 1. The number of H-pyrrole nitrogens is 1. The first-order valence-electron chi connectivity index (χ1n) is 7.87. The summed E-state index contributed by atoms with van der Waals surface area (Å²) in [4.78, 5) is 22.8. The van der Waals surface area contributed by atoms with Gasteiger partial charge >= 0.3 is 5.97 Å². The zero-order chi connectivity index (χ0) is 20.3. The Morgan fingerprint density at radius 3 is 2.61 bits per heavy atom. The molecule has 0 saturated heterocycles. The van der Waals surface area contributed by atoms with Crippen LogP contribution < -0.4 is 10.3 Å². The molecular weight excluding hydrogens is 450 g/mol. The Labute approximate surface area is 168 Å². The van der Waals surface area contributed by atoms with Gasteiger partial charge in [0.05, 0.1) is 23.3 Å². The Morgan fingerprint density at radius 2 is 1.93 bits per heavy atom. The van der Waals surface area contributed by atoms with Crippen molar-refractivity contribution in [2.75, 3.05) is 11.8 Å². The highest BCUT2D eigenvalue weighted by Gasteiger charge is 2.19. The number of sulfonamides is 1. The van der Waals surface area contributed by atoms with Crippen molar-refractivity contribution < 1.29 is 17.9 Å². The third-order valence-electron chi connectivity index (χ3n) is 3.74. The topological polar surface area (TPSA) is 118 Å². The van der Waals surface area contributed by atoms with Crippen LogP contribution in [0.3, 0.4) is 0 Å². The van der Waals surface area contributed by atoms with E-state index < -0.39 is 16.0 Å². The largest absolute Gasteiger partial charge is 0.465 e. The number of esters is 1. The van der Waals surface area contributed by atoms with E-state index in [0.29, 0.717) is 21.4 Å². The van der Waals surface area contributed by atoms with E-state index in [1.54, 1.807) is 24.3 Å². The minimum absolute atomic E-state index is 0.0938. The van der Waals surface area contributed by atoms with Gasteiger partial charge in [0.25, 0.3) is 15.6 Å². The van der Waals surface area contributed by atoms with E-state index in [4.69, 9.17) is 0 Å². The standard InChI is InChI=1S/C18H14BrN3O5S/c1-27-18(24)14-10-13(5-6-15(14)19)28(25,26)22-12-4-2-3-11(9-12)16-7-8-17(23)21-20-16/h2-10,22H,1H3,(H,21,23). The second-order valence-corrected chi connectivity index (χ2v) is 8.16. The third kappa shape index (κ3) is 4.29. The number of aromatic nitrogens is 2. The van der Waals surface area contributed by atoms with E-state index >= 15 is 0 Å². The van der Waals surface area contributed by atoms with Gasteiger partial charge in [0.1, 0.15) is 0 Å².